The molecular weight excluding hydrogens is 270 g/mol. The van der Waals surface area contributed by atoms with Gasteiger partial charge in [0.15, 0.2) is 5.13 Å². The first-order chi connectivity index (χ1) is 9.39. The van der Waals surface area contributed by atoms with E-state index < -0.39 is 0 Å². The van der Waals surface area contributed by atoms with Gasteiger partial charge < -0.3 is 15.0 Å². The molecule has 2 rings (SSSR count). The zero-order chi connectivity index (χ0) is 14.8. The van der Waals surface area contributed by atoms with Gasteiger partial charge in [0.1, 0.15) is 0 Å². The third-order valence-corrected chi connectivity index (χ3v) is 4.86. The molecule has 0 aliphatic carbocycles. The van der Waals surface area contributed by atoms with Crippen molar-refractivity contribution in [3.63, 3.8) is 0 Å². The maximum atomic E-state index is 5.49. The Bertz CT molecular complexity index is 439. The Morgan fingerprint density at radius 2 is 2.20 bits per heavy atom. The second kappa shape index (κ2) is 6.41. The van der Waals surface area contributed by atoms with E-state index in [9.17, 15) is 0 Å². The monoisotopic (exact) mass is 297 g/mol. The zero-order valence-corrected chi connectivity index (χ0v) is 14.1. The summed E-state index contributed by atoms with van der Waals surface area (Å²) >= 11 is 1.82. The Labute approximate surface area is 126 Å². The van der Waals surface area contributed by atoms with Crippen molar-refractivity contribution in [3.05, 3.63) is 10.6 Å². The molecule has 2 heterocycles. The van der Waals surface area contributed by atoms with Crippen LogP contribution in [0.2, 0.25) is 0 Å². The lowest BCUT2D eigenvalue weighted by Gasteiger charge is -2.31. The van der Waals surface area contributed by atoms with Gasteiger partial charge in [-0.05, 0) is 40.5 Å². The number of aryl methyl sites for hydroxylation is 1. The molecule has 4 nitrogen and oxygen atoms in total. The fraction of sp³-hybridized carbons (Fsp3) is 0.800. The molecule has 0 aromatic carbocycles. The molecule has 1 aromatic rings. The lowest BCUT2D eigenvalue weighted by atomic mass is 10.1. The van der Waals surface area contributed by atoms with Gasteiger partial charge in [-0.15, -0.1) is 11.3 Å². The van der Waals surface area contributed by atoms with E-state index in [0.717, 1.165) is 36.9 Å². The van der Waals surface area contributed by atoms with Crippen LogP contribution in [0.5, 0.6) is 0 Å². The van der Waals surface area contributed by atoms with E-state index in [0.29, 0.717) is 6.10 Å². The van der Waals surface area contributed by atoms with Gasteiger partial charge >= 0.3 is 0 Å². The predicted octanol–water partition coefficient (Wildman–Crippen LogP) is 2.95. The summed E-state index contributed by atoms with van der Waals surface area (Å²) < 4.78 is 5.49. The van der Waals surface area contributed by atoms with Crippen molar-refractivity contribution in [3.8, 4) is 0 Å². The van der Waals surface area contributed by atoms with Crippen LogP contribution in [-0.2, 0) is 11.3 Å². The van der Waals surface area contributed by atoms with E-state index in [1.807, 2.05) is 11.3 Å². The number of ether oxygens (including phenoxy) is 1. The molecule has 1 aliphatic rings. The largest absolute Gasteiger partial charge is 0.380 e. The van der Waals surface area contributed by atoms with Gasteiger partial charge in [0.05, 0.1) is 11.8 Å². The number of hydrogen-bond donors (Lipinski definition) is 1. The van der Waals surface area contributed by atoms with E-state index >= 15 is 0 Å². The minimum absolute atomic E-state index is 0.142. The Hall–Kier alpha value is -0.650. The molecule has 0 amide bonds. The second-order valence-electron chi connectivity index (χ2n) is 6.55. The van der Waals surface area contributed by atoms with E-state index in [1.165, 1.54) is 11.3 Å². The Morgan fingerprint density at radius 3 is 2.85 bits per heavy atom. The fourth-order valence-corrected chi connectivity index (χ4v) is 3.40. The first kappa shape index (κ1) is 15.7. The van der Waals surface area contributed by atoms with Crippen LogP contribution in [0.3, 0.4) is 0 Å². The number of rotatable bonds is 4. The highest BCUT2D eigenvalue weighted by Gasteiger charge is 2.23. The van der Waals surface area contributed by atoms with Crippen LogP contribution in [0, 0.1) is 6.92 Å². The molecule has 0 radical (unpaired) electrons. The standard InChI is InChI=1S/C15H27N3OS/c1-11-13(9-16-15(2,3)4)20-14(17-11)18-8-6-7-12(10-18)19-5/h12,16H,6-10H2,1-5H3. The molecule has 1 saturated heterocycles. The predicted molar refractivity (Wildman–Crippen MR) is 85.7 cm³/mol. The van der Waals surface area contributed by atoms with Crippen molar-refractivity contribution >= 4 is 16.5 Å². The summed E-state index contributed by atoms with van der Waals surface area (Å²) in [6.45, 7) is 11.6. The first-order valence-corrected chi connectivity index (χ1v) is 8.20. The van der Waals surface area contributed by atoms with E-state index in [4.69, 9.17) is 9.72 Å². The van der Waals surface area contributed by atoms with Crippen molar-refractivity contribution in [1.29, 1.82) is 0 Å². The highest BCUT2D eigenvalue weighted by molar-refractivity contribution is 7.15. The van der Waals surface area contributed by atoms with Crippen LogP contribution in [-0.4, -0.2) is 36.8 Å². The topological polar surface area (TPSA) is 37.4 Å². The SMILES string of the molecule is COC1CCCN(c2nc(C)c(CNC(C)(C)C)s2)C1. The third kappa shape index (κ3) is 4.17. The van der Waals surface area contributed by atoms with Crippen LogP contribution in [0.25, 0.3) is 0 Å². The Kier molecular flexibility index (Phi) is 5.04. The number of aromatic nitrogens is 1. The Morgan fingerprint density at radius 1 is 1.45 bits per heavy atom. The third-order valence-electron chi connectivity index (χ3n) is 3.64. The minimum Gasteiger partial charge on any atom is -0.380 e. The Balaban J connectivity index is 2.03. The number of nitrogens with zero attached hydrogens (tertiary/aromatic N) is 2. The summed E-state index contributed by atoms with van der Waals surface area (Å²) in [5, 5.41) is 4.69. The van der Waals surface area contributed by atoms with Crippen molar-refractivity contribution in [2.75, 3.05) is 25.1 Å². The van der Waals surface area contributed by atoms with Crippen molar-refractivity contribution in [2.24, 2.45) is 0 Å². The lowest BCUT2D eigenvalue weighted by Crippen LogP contribution is -2.39. The van der Waals surface area contributed by atoms with Crippen molar-refractivity contribution in [1.82, 2.24) is 10.3 Å². The van der Waals surface area contributed by atoms with Gasteiger partial charge in [0.25, 0.3) is 0 Å². The summed E-state index contributed by atoms with van der Waals surface area (Å²) in [5.74, 6) is 0. The average molecular weight is 297 g/mol. The van der Waals surface area contributed by atoms with Crippen molar-refractivity contribution < 1.29 is 4.74 Å². The van der Waals surface area contributed by atoms with Crippen molar-refractivity contribution in [2.45, 2.75) is 58.7 Å². The lowest BCUT2D eigenvalue weighted by molar-refractivity contribution is 0.0893. The summed E-state index contributed by atoms with van der Waals surface area (Å²) in [4.78, 5) is 8.47. The van der Waals surface area contributed by atoms with E-state index in [1.54, 1.807) is 7.11 Å². The van der Waals surface area contributed by atoms with E-state index in [2.05, 4.69) is 37.9 Å². The number of piperidine rings is 1. The normalized spacial score (nSPS) is 20.4. The molecule has 1 fully saturated rings. The maximum Gasteiger partial charge on any atom is 0.185 e. The molecule has 1 N–H and O–H groups in total. The van der Waals surface area contributed by atoms with Gasteiger partial charge in [-0.2, -0.15) is 0 Å². The summed E-state index contributed by atoms with van der Waals surface area (Å²) in [6.07, 6.45) is 2.70. The molecule has 1 unspecified atom stereocenters. The first-order valence-electron chi connectivity index (χ1n) is 7.38. The van der Waals surface area contributed by atoms with Gasteiger partial charge in [-0.3, -0.25) is 0 Å². The minimum atomic E-state index is 0.142. The van der Waals surface area contributed by atoms with Crippen LogP contribution in [0.15, 0.2) is 0 Å². The molecule has 1 aromatic heterocycles. The van der Waals surface area contributed by atoms with Crippen LogP contribution >= 0.6 is 11.3 Å². The van der Waals surface area contributed by atoms with Gasteiger partial charge in [-0.1, -0.05) is 0 Å². The molecule has 20 heavy (non-hydrogen) atoms. The molecule has 1 atom stereocenters. The van der Waals surface area contributed by atoms with Crippen LogP contribution in [0.4, 0.5) is 5.13 Å². The number of nitrogens with one attached hydrogen (secondary N) is 1. The number of methoxy groups -OCH3 is 1. The molecular formula is C15H27N3OS. The summed E-state index contributed by atoms with van der Waals surface area (Å²) in [7, 11) is 1.81. The van der Waals surface area contributed by atoms with E-state index in [-0.39, 0.29) is 5.54 Å². The summed E-state index contributed by atoms with van der Waals surface area (Å²) in [6, 6.07) is 0. The van der Waals surface area contributed by atoms with Gasteiger partial charge in [0.2, 0.25) is 0 Å². The molecule has 1 aliphatic heterocycles. The smallest absolute Gasteiger partial charge is 0.185 e. The molecule has 0 saturated carbocycles. The number of anilines is 1. The van der Waals surface area contributed by atoms with Crippen LogP contribution in [0.1, 0.15) is 44.2 Å². The quantitative estimate of drug-likeness (QED) is 0.927. The molecule has 0 bridgehead atoms. The zero-order valence-electron chi connectivity index (χ0n) is 13.3. The highest BCUT2D eigenvalue weighted by Crippen LogP contribution is 2.29. The second-order valence-corrected chi connectivity index (χ2v) is 7.62. The molecule has 114 valence electrons. The molecule has 5 heteroatoms. The fourth-order valence-electron chi connectivity index (χ4n) is 2.36. The molecule has 0 spiro atoms. The summed E-state index contributed by atoms with van der Waals surface area (Å²) in [5.41, 5.74) is 1.30. The van der Waals surface area contributed by atoms with Crippen LogP contribution < -0.4 is 10.2 Å². The highest BCUT2D eigenvalue weighted by atomic mass is 32.1. The number of hydrogen-bond acceptors (Lipinski definition) is 5. The van der Waals surface area contributed by atoms with Gasteiger partial charge in [-0.25, -0.2) is 4.98 Å². The van der Waals surface area contributed by atoms with Gasteiger partial charge in [0, 0.05) is 37.2 Å². The average Bonchev–Trinajstić information content (AvgIpc) is 2.77. The number of thiazole rings is 1. The maximum absolute atomic E-state index is 5.49.